The molecule has 0 amide bonds. The molecule has 0 fully saturated rings. The third-order valence-electron chi connectivity index (χ3n) is 2.44. The van der Waals surface area contributed by atoms with Crippen molar-refractivity contribution in [2.24, 2.45) is 0 Å². The second kappa shape index (κ2) is 4.43. The molecule has 19 heavy (non-hydrogen) atoms. The number of carboxylic acids is 1. The first kappa shape index (κ1) is 13.1. The van der Waals surface area contributed by atoms with E-state index in [1.54, 1.807) is 0 Å². The van der Waals surface area contributed by atoms with Crippen LogP contribution in [0.5, 0.6) is 0 Å². The summed E-state index contributed by atoms with van der Waals surface area (Å²) in [6.45, 7) is 2.79. The zero-order valence-corrected chi connectivity index (χ0v) is 10.9. The summed E-state index contributed by atoms with van der Waals surface area (Å²) in [4.78, 5) is 10.8. The van der Waals surface area contributed by atoms with Crippen LogP contribution in [-0.4, -0.2) is 29.7 Å². The van der Waals surface area contributed by atoms with Gasteiger partial charge in [-0.1, -0.05) is 0 Å². The van der Waals surface area contributed by atoms with Crippen LogP contribution in [0, 0.1) is 13.8 Å². The maximum atomic E-state index is 12.2. The van der Waals surface area contributed by atoms with E-state index >= 15 is 0 Å². The van der Waals surface area contributed by atoms with E-state index in [2.05, 4.69) is 14.9 Å². The largest absolute Gasteiger partial charge is 0.478 e. The highest BCUT2D eigenvalue weighted by Gasteiger charge is 2.31. The third kappa shape index (κ3) is 2.32. The number of hydrogen-bond acceptors (Lipinski definition) is 5. The Kier molecular flexibility index (Phi) is 3.06. The summed E-state index contributed by atoms with van der Waals surface area (Å²) in [6.07, 6.45) is 2.60. The first-order valence-corrected chi connectivity index (χ1v) is 6.66. The van der Waals surface area contributed by atoms with Crippen LogP contribution >= 0.6 is 0 Å². The Balaban J connectivity index is 2.55. The van der Waals surface area contributed by atoms with E-state index in [1.165, 1.54) is 26.2 Å². The monoisotopic (exact) mass is 285 g/mol. The minimum absolute atomic E-state index is 0.0193. The third-order valence-corrected chi connectivity index (χ3v) is 3.97. The van der Waals surface area contributed by atoms with Crippen LogP contribution in [0.4, 0.5) is 5.69 Å². The number of furan rings is 1. The number of aromatic amines is 1. The van der Waals surface area contributed by atoms with Crippen LogP contribution in [0.2, 0.25) is 0 Å². The van der Waals surface area contributed by atoms with Crippen LogP contribution in [-0.2, 0) is 10.0 Å². The Morgan fingerprint density at radius 1 is 1.42 bits per heavy atom. The van der Waals surface area contributed by atoms with Crippen molar-refractivity contribution in [3.63, 3.8) is 0 Å². The number of hydrogen-bond donors (Lipinski definition) is 3. The maximum Gasteiger partial charge on any atom is 0.340 e. The van der Waals surface area contributed by atoms with Gasteiger partial charge in [-0.15, -0.1) is 0 Å². The summed E-state index contributed by atoms with van der Waals surface area (Å²) in [7, 11) is -4.05. The molecule has 0 bridgehead atoms. The molecule has 2 aromatic rings. The molecule has 0 aromatic carbocycles. The van der Waals surface area contributed by atoms with Gasteiger partial charge in [0.1, 0.15) is 22.0 Å². The minimum atomic E-state index is -4.05. The van der Waals surface area contributed by atoms with Crippen LogP contribution in [0.1, 0.15) is 21.9 Å². The summed E-state index contributed by atoms with van der Waals surface area (Å²) in [5, 5.41) is 15.1. The zero-order valence-electron chi connectivity index (χ0n) is 10.1. The molecule has 102 valence electrons. The molecule has 0 unspecified atom stereocenters. The van der Waals surface area contributed by atoms with Gasteiger partial charge in [-0.25, -0.2) is 13.2 Å². The lowest BCUT2D eigenvalue weighted by Gasteiger charge is -2.05. The van der Waals surface area contributed by atoms with Crippen molar-refractivity contribution in [1.82, 2.24) is 10.2 Å². The number of rotatable bonds is 4. The quantitative estimate of drug-likeness (QED) is 0.772. The normalized spacial score (nSPS) is 11.5. The average Bonchev–Trinajstić information content (AvgIpc) is 2.85. The molecule has 2 rings (SSSR count). The summed E-state index contributed by atoms with van der Waals surface area (Å²) < 4.78 is 31.7. The van der Waals surface area contributed by atoms with Gasteiger partial charge < -0.3 is 9.52 Å². The molecule has 0 saturated heterocycles. The fourth-order valence-corrected chi connectivity index (χ4v) is 3.19. The van der Waals surface area contributed by atoms with Crippen molar-refractivity contribution in [3.8, 4) is 0 Å². The predicted molar refractivity (Wildman–Crippen MR) is 64.5 cm³/mol. The van der Waals surface area contributed by atoms with Crippen LogP contribution in [0.3, 0.4) is 0 Å². The molecular formula is C10H11N3O5S. The van der Waals surface area contributed by atoms with E-state index in [0.717, 1.165) is 0 Å². The lowest BCUT2D eigenvalue weighted by Crippen LogP contribution is -2.16. The van der Waals surface area contributed by atoms with Gasteiger partial charge in [0.2, 0.25) is 0 Å². The highest BCUT2D eigenvalue weighted by Crippen LogP contribution is 2.28. The Morgan fingerprint density at radius 3 is 2.63 bits per heavy atom. The molecule has 8 nitrogen and oxygen atoms in total. The number of aryl methyl sites for hydroxylation is 2. The molecule has 0 atom stereocenters. The van der Waals surface area contributed by atoms with Gasteiger partial charge in [-0.2, -0.15) is 5.10 Å². The lowest BCUT2D eigenvalue weighted by atomic mass is 10.2. The summed E-state index contributed by atoms with van der Waals surface area (Å²) in [5.41, 5.74) is -0.164. The van der Waals surface area contributed by atoms with Gasteiger partial charge in [0.15, 0.2) is 0 Å². The van der Waals surface area contributed by atoms with Crippen molar-refractivity contribution < 1.29 is 22.7 Å². The zero-order chi connectivity index (χ0) is 14.2. The fourth-order valence-electron chi connectivity index (χ4n) is 1.75. The van der Waals surface area contributed by atoms with E-state index < -0.39 is 16.0 Å². The van der Waals surface area contributed by atoms with E-state index in [9.17, 15) is 13.2 Å². The molecular weight excluding hydrogens is 274 g/mol. The summed E-state index contributed by atoms with van der Waals surface area (Å²) in [5.74, 6) is -1.30. The van der Waals surface area contributed by atoms with Crippen molar-refractivity contribution in [3.05, 3.63) is 29.5 Å². The maximum absolute atomic E-state index is 12.2. The number of nitrogens with one attached hydrogen (secondary N) is 2. The number of aromatic nitrogens is 2. The predicted octanol–water partition coefficient (Wildman–Crippen LogP) is 1.12. The number of nitrogens with zero attached hydrogens (tertiary/aromatic N) is 1. The summed E-state index contributed by atoms with van der Waals surface area (Å²) >= 11 is 0. The standard InChI is InChI=1S/C10H11N3O5S/c1-5-8(10(14)15)9(6(2)18-5)19(16,17)13-7-3-11-12-4-7/h3-4,13H,1-2H3,(H,11,12)(H,14,15). The van der Waals surface area contributed by atoms with Crippen molar-refractivity contribution in [2.45, 2.75) is 18.7 Å². The van der Waals surface area contributed by atoms with Crippen molar-refractivity contribution >= 4 is 21.7 Å². The molecule has 0 radical (unpaired) electrons. The number of carboxylic acid groups (broad SMARTS) is 1. The van der Waals surface area contributed by atoms with E-state index in [0.29, 0.717) is 0 Å². The van der Waals surface area contributed by atoms with Gasteiger partial charge in [0, 0.05) is 6.20 Å². The number of carbonyl (C=O) groups is 1. The van der Waals surface area contributed by atoms with Crippen LogP contribution in [0.25, 0.3) is 0 Å². The Hall–Kier alpha value is -2.29. The van der Waals surface area contributed by atoms with Gasteiger partial charge in [-0.05, 0) is 13.8 Å². The highest BCUT2D eigenvalue weighted by molar-refractivity contribution is 7.92. The van der Waals surface area contributed by atoms with Gasteiger partial charge in [-0.3, -0.25) is 9.82 Å². The Morgan fingerprint density at radius 2 is 2.11 bits per heavy atom. The van der Waals surface area contributed by atoms with Crippen LogP contribution in [0.15, 0.2) is 21.7 Å². The van der Waals surface area contributed by atoms with E-state index in [4.69, 9.17) is 9.52 Å². The number of anilines is 1. The van der Waals surface area contributed by atoms with E-state index in [-0.39, 0.29) is 27.7 Å². The first-order valence-electron chi connectivity index (χ1n) is 5.18. The molecule has 2 aromatic heterocycles. The second-order valence-electron chi connectivity index (χ2n) is 3.82. The Bertz CT molecular complexity index is 715. The molecule has 9 heteroatoms. The van der Waals surface area contributed by atoms with Crippen molar-refractivity contribution in [2.75, 3.05) is 4.72 Å². The first-order chi connectivity index (χ1) is 8.83. The molecule has 0 aliphatic rings. The number of sulfonamides is 1. The van der Waals surface area contributed by atoms with Gasteiger partial charge >= 0.3 is 5.97 Å². The average molecular weight is 285 g/mol. The van der Waals surface area contributed by atoms with Crippen molar-refractivity contribution in [1.29, 1.82) is 0 Å². The fraction of sp³-hybridized carbons (Fsp3) is 0.200. The van der Waals surface area contributed by atoms with E-state index in [1.807, 2.05) is 0 Å². The molecule has 3 N–H and O–H groups in total. The molecule has 0 saturated carbocycles. The molecule has 0 spiro atoms. The minimum Gasteiger partial charge on any atom is -0.478 e. The lowest BCUT2D eigenvalue weighted by molar-refractivity contribution is 0.0691. The molecule has 2 heterocycles. The molecule has 0 aliphatic heterocycles. The molecule has 0 aliphatic carbocycles. The SMILES string of the molecule is Cc1oc(C)c(S(=O)(=O)Nc2cn[nH]c2)c1C(=O)O. The second-order valence-corrected chi connectivity index (χ2v) is 5.44. The Labute approximate surface area is 108 Å². The van der Waals surface area contributed by atoms with Gasteiger partial charge in [0.05, 0.1) is 11.9 Å². The summed E-state index contributed by atoms with van der Waals surface area (Å²) in [6, 6.07) is 0. The topological polar surface area (TPSA) is 125 Å². The number of aromatic carboxylic acids is 1. The van der Waals surface area contributed by atoms with Crippen LogP contribution < -0.4 is 4.72 Å². The number of H-pyrrole nitrogens is 1. The van der Waals surface area contributed by atoms with Gasteiger partial charge in [0.25, 0.3) is 10.0 Å². The smallest absolute Gasteiger partial charge is 0.340 e. The highest BCUT2D eigenvalue weighted by atomic mass is 32.2.